The van der Waals surface area contributed by atoms with Crippen molar-refractivity contribution in [2.45, 2.75) is 19.4 Å². The second kappa shape index (κ2) is 6.08. The van der Waals surface area contributed by atoms with Gasteiger partial charge in [0.05, 0.1) is 4.92 Å². The number of rotatable bonds is 3. The van der Waals surface area contributed by atoms with Gasteiger partial charge >= 0.3 is 0 Å². The van der Waals surface area contributed by atoms with Crippen LogP contribution in [0.4, 0.5) is 5.69 Å². The molecule has 0 aliphatic carbocycles. The zero-order valence-electron chi connectivity index (χ0n) is 11.4. The normalized spacial score (nSPS) is 25.8. The van der Waals surface area contributed by atoms with E-state index in [2.05, 4.69) is 10.2 Å². The summed E-state index contributed by atoms with van der Waals surface area (Å²) in [6, 6.07) is 6.93. The van der Waals surface area contributed by atoms with E-state index in [1.54, 1.807) is 12.1 Å². The van der Waals surface area contributed by atoms with E-state index in [9.17, 15) is 10.1 Å². The Balaban J connectivity index is 0.00000147. The second-order valence-corrected chi connectivity index (χ2v) is 5.81. The minimum atomic E-state index is -0.348. The molecule has 0 aromatic heterocycles. The van der Waals surface area contributed by atoms with Gasteiger partial charge in [-0.2, -0.15) is 0 Å². The van der Waals surface area contributed by atoms with Crippen LogP contribution in [-0.4, -0.2) is 36.0 Å². The van der Waals surface area contributed by atoms with Crippen LogP contribution in [0.15, 0.2) is 24.3 Å². The van der Waals surface area contributed by atoms with Gasteiger partial charge in [0.25, 0.3) is 5.69 Å². The van der Waals surface area contributed by atoms with Gasteiger partial charge in [-0.1, -0.05) is 12.1 Å². The van der Waals surface area contributed by atoms with Crippen molar-refractivity contribution in [3.05, 3.63) is 39.9 Å². The van der Waals surface area contributed by atoms with Gasteiger partial charge in [0.1, 0.15) is 0 Å². The molecule has 1 unspecified atom stereocenters. The molecule has 0 radical (unpaired) electrons. The fraction of sp³-hybridized carbons (Fsp3) is 0.571. The molecule has 1 N–H and O–H groups in total. The van der Waals surface area contributed by atoms with Gasteiger partial charge in [-0.05, 0) is 36.9 Å². The van der Waals surface area contributed by atoms with E-state index < -0.39 is 0 Å². The summed E-state index contributed by atoms with van der Waals surface area (Å²) in [5.41, 5.74) is 1.82. The monoisotopic (exact) mass is 297 g/mol. The Kier molecular flexibility index (Phi) is 4.62. The first-order valence-corrected chi connectivity index (χ1v) is 6.83. The Morgan fingerprint density at radius 2 is 2.05 bits per heavy atom. The number of likely N-dealkylation sites (tertiary alicyclic amines) is 1. The van der Waals surface area contributed by atoms with Crippen LogP contribution in [0.1, 0.15) is 18.4 Å². The number of halogens is 1. The molecule has 1 spiro atoms. The SMILES string of the molecule is Cl.O=[N+]([O-])c1ccc(CN2CCC3(CCNC3)C2)cc1. The van der Waals surface area contributed by atoms with Crippen molar-refractivity contribution in [1.29, 1.82) is 0 Å². The average molecular weight is 298 g/mol. The minimum absolute atomic E-state index is 0. The maximum Gasteiger partial charge on any atom is 0.269 e. The highest BCUT2D eigenvalue weighted by Crippen LogP contribution is 2.36. The summed E-state index contributed by atoms with van der Waals surface area (Å²) >= 11 is 0. The van der Waals surface area contributed by atoms with Crippen LogP contribution in [0.5, 0.6) is 0 Å². The van der Waals surface area contributed by atoms with Gasteiger partial charge in [0.15, 0.2) is 0 Å². The van der Waals surface area contributed by atoms with Gasteiger partial charge in [-0.15, -0.1) is 12.4 Å². The molecule has 20 heavy (non-hydrogen) atoms. The highest BCUT2D eigenvalue weighted by Gasteiger charge is 2.39. The summed E-state index contributed by atoms with van der Waals surface area (Å²) < 4.78 is 0. The van der Waals surface area contributed by atoms with Gasteiger partial charge in [-0.3, -0.25) is 15.0 Å². The first-order chi connectivity index (χ1) is 9.17. The molecule has 2 fully saturated rings. The van der Waals surface area contributed by atoms with Crippen LogP contribution in [0.2, 0.25) is 0 Å². The Labute approximate surface area is 124 Å². The molecule has 0 amide bonds. The lowest BCUT2D eigenvalue weighted by Crippen LogP contribution is -2.28. The topological polar surface area (TPSA) is 58.4 Å². The fourth-order valence-corrected chi connectivity index (χ4v) is 3.29. The first kappa shape index (κ1) is 15.2. The van der Waals surface area contributed by atoms with E-state index >= 15 is 0 Å². The van der Waals surface area contributed by atoms with Crippen molar-refractivity contribution in [3.63, 3.8) is 0 Å². The number of non-ortho nitro benzene ring substituents is 1. The predicted molar refractivity (Wildman–Crippen MR) is 80.2 cm³/mol. The van der Waals surface area contributed by atoms with E-state index in [0.717, 1.165) is 38.3 Å². The Hall–Kier alpha value is -1.17. The summed E-state index contributed by atoms with van der Waals surface area (Å²) in [4.78, 5) is 12.7. The third-order valence-electron chi connectivity index (χ3n) is 4.40. The smallest absolute Gasteiger partial charge is 0.269 e. The summed E-state index contributed by atoms with van der Waals surface area (Å²) in [7, 11) is 0. The molecule has 5 nitrogen and oxygen atoms in total. The highest BCUT2D eigenvalue weighted by molar-refractivity contribution is 5.85. The lowest BCUT2D eigenvalue weighted by atomic mass is 9.86. The first-order valence-electron chi connectivity index (χ1n) is 6.83. The number of benzene rings is 1. The molecule has 1 atom stereocenters. The molecule has 3 rings (SSSR count). The number of hydrogen-bond acceptors (Lipinski definition) is 4. The largest absolute Gasteiger partial charge is 0.316 e. The van der Waals surface area contributed by atoms with Crippen LogP contribution >= 0.6 is 12.4 Å². The van der Waals surface area contributed by atoms with Crippen LogP contribution in [0.3, 0.4) is 0 Å². The van der Waals surface area contributed by atoms with Crippen LogP contribution in [0, 0.1) is 15.5 Å². The van der Waals surface area contributed by atoms with E-state index in [-0.39, 0.29) is 23.0 Å². The molecule has 2 saturated heterocycles. The molecule has 6 heteroatoms. The van der Waals surface area contributed by atoms with Crippen molar-refractivity contribution in [2.75, 3.05) is 26.2 Å². The number of hydrogen-bond donors (Lipinski definition) is 1. The van der Waals surface area contributed by atoms with Crippen molar-refractivity contribution in [2.24, 2.45) is 5.41 Å². The minimum Gasteiger partial charge on any atom is -0.316 e. The molecule has 1 aromatic rings. The molecule has 2 aliphatic rings. The van der Waals surface area contributed by atoms with Crippen LogP contribution in [0.25, 0.3) is 0 Å². The van der Waals surface area contributed by atoms with Gasteiger partial charge in [0, 0.05) is 31.8 Å². The third-order valence-corrected chi connectivity index (χ3v) is 4.40. The summed E-state index contributed by atoms with van der Waals surface area (Å²) in [6.45, 7) is 5.48. The molecular weight excluding hydrogens is 278 g/mol. The van der Waals surface area contributed by atoms with Crippen LogP contribution in [-0.2, 0) is 6.54 Å². The van der Waals surface area contributed by atoms with E-state index in [0.29, 0.717) is 5.41 Å². The number of nitrogens with one attached hydrogen (secondary N) is 1. The third kappa shape index (κ3) is 3.11. The molecule has 1 aromatic carbocycles. The van der Waals surface area contributed by atoms with Crippen molar-refractivity contribution in [1.82, 2.24) is 10.2 Å². The van der Waals surface area contributed by atoms with Crippen LogP contribution < -0.4 is 5.32 Å². The molecule has 110 valence electrons. The van der Waals surface area contributed by atoms with Crippen molar-refractivity contribution < 1.29 is 4.92 Å². The van der Waals surface area contributed by atoms with E-state index in [1.807, 2.05) is 12.1 Å². The van der Waals surface area contributed by atoms with Crippen molar-refractivity contribution in [3.8, 4) is 0 Å². The van der Waals surface area contributed by atoms with Gasteiger partial charge in [0.2, 0.25) is 0 Å². The zero-order valence-corrected chi connectivity index (χ0v) is 12.2. The summed E-state index contributed by atoms with van der Waals surface area (Å²) in [6.07, 6.45) is 2.55. The molecular formula is C14H20ClN3O2. The number of nitro groups is 1. The van der Waals surface area contributed by atoms with Gasteiger partial charge in [-0.25, -0.2) is 0 Å². The zero-order chi connectivity index (χ0) is 13.3. The number of nitrogens with zero attached hydrogens (tertiary/aromatic N) is 2. The second-order valence-electron chi connectivity index (χ2n) is 5.81. The molecule has 2 aliphatic heterocycles. The standard InChI is InChI=1S/C14H19N3O2.ClH/c18-17(19)13-3-1-12(2-4-13)9-16-8-6-14(11-16)5-7-15-10-14;/h1-4,15H,5-11H2;1H. The lowest BCUT2D eigenvalue weighted by molar-refractivity contribution is -0.384. The van der Waals surface area contributed by atoms with E-state index in [4.69, 9.17) is 0 Å². The maximum absolute atomic E-state index is 10.6. The summed E-state index contributed by atoms with van der Waals surface area (Å²) in [5.74, 6) is 0. The Morgan fingerprint density at radius 3 is 2.65 bits per heavy atom. The molecule has 0 saturated carbocycles. The fourth-order valence-electron chi connectivity index (χ4n) is 3.29. The average Bonchev–Trinajstić information content (AvgIpc) is 3.01. The highest BCUT2D eigenvalue weighted by atomic mass is 35.5. The lowest BCUT2D eigenvalue weighted by Gasteiger charge is -2.22. The quantitative estimate of drug-likeness (QED) is 0.686. The Morgan fingerprint density at radius 1 is 1.30 bits per heavy atom. The Bertz CT molecular complexity index is 472. The maximum atomic E-state index is 10.6. The van der Waals surface area contributed by atoms with E-state index in [1.165, 1.54) is 12.8 Å². The van der Waals surface area contributed by atoms with Crippen molar-refractivity contribution >= 4 is 18.1 Å². The molecule has 0 bridgehead atoms. The number of nitro benzene ring substituents is 1. The predicted octanol–water partition coefficient (Wildman–Crippen LogP) is 2.20. The molecule has 2 heterocycles. The summed E-state index contributed by atoms with van der Waals surface area (Å²) in [5, 5.41) is 14.1. The van der Waals surface area contributed by atoms with Gasteiger partial charge < -0.3 is 5.32 Å².